The van der Waals surface area contributed by atoms with Gasteiger partial charge in [0.25, 0.3) is 0 Å². The molecule has 3 rings (SSSR count). The fourth-order valence-corrected chi connectivity index (χ4v) is 3.13. The molecular formula is C20H24O2. The van der Waals surface area contributed by atoms with Crippen molar-refractivity contribution < 1.29 is 9.15 Å². The van der Waals surface area contributed by atoms with Crippen LogP contribution in [0.1, 0.15) is 55.4 Å². The van der Waals surface area contributed by atoms with E-state index in [1.165, 1.54) is 40.0 Å². The molecule has 2 heteroatoms. The lowest BCUT2D eigenvalue weighted by Gasteiger charge is -2.08. The summed E-state index contributed by atoms with van der Waals surface area (Å²) in [7, 11) is 1.70. The maximum Gasteiger partial charge on any atom is 0.133 e. The van der Waals surface area contributed by atoms with Gasteiger partial charge in [-0.1, -0.05) is 17.7 Å². The second-order valence-corrected chi connectivity index (χ2v) is 6.31. The lowest BCUT2D eigenvalue weighted by Crippen LogP contribution is -1.96. The first-order valence-corrected chi connectivity index (χ1v) is 8.01. The molecule has 2 aromatic rings. The van der Waals surface area contributed by atoms with Crippen LogP contribution in [0.2, 0.25) is 0 Å². The SMILES string of the molecule is COc1ccc(Cc2c(C(C)=C(C)C)oc3c2CCC3)cc1. The fourth-order valence-electron chi connectivity index (χ4n) is 3.13. The van der Waals surface area contributed by atoms with Crippen molar-refractivity contribution in [3.8, 4) is 5.75 Å². The van der Waals surface area contributed by atoms with Gasteiger partial charge < -0.3 is 9.15 Å². The molecule has 0 spiro atoms. The number of hydrogen-bond acceptors (Lipinski definition) is 2. The Morgan fingerprint density at radius 3 is 2.45 bits per heavy atom. The molecule has 0 saturated carbocycles. The molecule has 0 fully saturated rings. The lowest BCUT2D eigenvalue weighted by molar-refractivity contribution is 0.414. The summed E-state index contributed by atoms with van der Waals surface area (Å²) < 4.78 is 11.5. The van der Waals surface area contributed by atoms with E-state index in [1.54, 1.807) is 7.11 Å². The normalized spacial score (nSPS) is 13.1. The summed E-state index contributed by atoms with van der Waals surface area (Å²) in [5, 5.41) is 0. The standard InChI is InChI=1S/C20H24O2/c1-13(2)14(3)20-18(17-6-5-7-19(17)22-20)12-15-8-10-16(21-4)11-9-15/h8-11H,5-7,12H2,1-4H3. The molecule has 1 aromatic carbocycles. The molecule has 116 valence electrons. The third-order valence-corrected chi connectivity index (χ3v) is 4.66. The number of hydrogen-bond donors (Lipinski definition) is 0. The molecule has 0 unspecified atom stereocenters. The lowest BCUT2D eigenvalue weighted by atomic mass is 9.96. The van der Waals surface area contributed by atoms with Gasteiger partial charge in [-0.15, -0.1) is 0 Å². The highest BCUT2D eigenvalue weighted by Crippen LogP contribution is 2.36. The highest BCUT2D eigenvalue weighted by Gasteiger charge is 2.24. The second kappa shape index (κ2) is 6.04. The van der Waals surface area contributed by atoms with E-state index in [-0.39, 0.29) is 0 Å². The first-order valence-electron chi connectivity index (χ1n) is 8.01. The summed E-state index contributed by atoms with van der Waals surface area (Å²) in [6, 6.07) is 8.36. The van der Waals surface area contributed by atoms with Crippen molar-refractivity contribution in [3.63, 3.8) is 0 Å². The number of methoxy groups -OCH3 is 1. The van der Waals surface area contributed by atoms with Crippen LogP contribution in [0.4, 0.5) is 0 Å². The average molecular weight is 296 g/mol. The number of fused-ring (bicyclic) bond motifs is 1. The van der Waals surface area contributed by atoms with Crippen LogP contribution in [-0.4, -0.2) is 7.11 Å². The molecule has 1 heterocycles. The summed E-state index contributed by atoms with van der Waals surface area (Å²) in [5.74, 6) is 3.21. The van der Waals surface area contributed by atoms with Crippen LogP contribution in [0, 0.1) is 0 Å². The number of benzene rings is 1. The molecule has 0 saturated heterocycles. The monoisotopic (exact) mass is 296 g/mol. The van der Waals surface area contributed by atoms with E-state index < -0.39 is 0 Å². The van der Waals surface area contributed by atoms with E-state index >= 15 is 0 Å². The van der Waals surface area contributed by atoms with Crippen molar-refractivity contribution in [2.24, 2.45) is 0 Å². The molecule has 0 N–H and O–H groups in total. The third kappa shape index (κ3) is 2.70. The first kappa shape index (κ1) is 15.0. The smallest absolute Gasteiger partial charge is 0.133 e. The molecule has 0 atom stereocenters. The number of aryl methyl sites for hydroxylation is 1. The van der Waals surface area contributed by atoms with Gasteiger partial charge in [-0.25, -0.2) is 0 Å². The summed E-state index contributed by atoms with van der Waals surface area (Å²) in [6.07, 6.45) is 4.39. The van der Waals surface area contributed by atoms with Gasteiger partial charge in [0.2, 0.25) is 0 Å². The predicted molar refractivity (Wildman–Crippen MR) is 90.5 cm³/mol. The van der Waals surface area contributed by atoms with E-state index in [2.05, 4.69) is 32.9 Å². The molecule has 0 aliphatic heterocycles. The van der Waals surface area contributed by atoms with Crippen LogP contribution in [0.5, 0.6) is 5.75 Å². The summed E-state index contributed by atoms with van der Waals surface area (Å²) in [5.41, 5.74) is 6.74. The number of allylic oxidation sites excluding steroid dienone is 2. The average Bonchev–Trinajstić information content (AvgIpc) is 3.10. The maximum atomic E-state index is 6.21. The van der Waals surface area contributed by atoms with Gasteiger partial charge in [-0.05, 0) is 62.4 Å². The summed E-state index contributed by atoms with van der Waals surface area (Å²) in [6.45, 7) is 6.47. The Hall–Kier alpha value is -1.96. The van der Waals surface area contributed by atoms with E-state index in [0.29, 0.717) is 0 Å². The van der Waals surface area contributed by atoms with Gasteiger partial charge in [-0.3, -0.25) is 0 Å². The Labute approximate surface area is 132 Å². The number of furan rings is 1. The molecule has 22 heavy (non-hydrogen) atoms. The Bertz CT molecular complexity index is 698. The zero-order valence-corrected chi connectivity index (χ0v) is 14.0. The van der Waals surface area contributed by atoms with Crippen molar-refractivity contribution in [1.29, 1.82) is 0 Å². The number of rotatable bonds is 4. The molecule has 0 amide bonds. The quantitative estimate of drug-likeness (QED) is 0.775. The molecule has 1 aliphatic rings. The van der Waals surface area contributed by atoms with E-state index in [9.17, 15) is 0 Å². The molecular weight excluding hydrogens is 272 g/mol. The van der Waals surface area contributed by atoms with Gasteiger partial charge in [0, 0.05) is 18.4 Å². The molecule has 0 radical (unpaired) electrons. The zero-order valence-electron chi connectivity index (χ0n) is 14.0. The van der Waals surface area contributed by atoms with Gasteiger partial charge in [0.05, 0.1) is 7.11 Å². The van der Waals surface area contributed by atoms with Crippen LogP contribution < -0.4 is 4.74 Å². The fraction of sp³-hybridized carbons (Fsp3) is 0.400. The highest BCUT2D eigenvalue weighted by molar-refractivity contribution is 5.67. The van der Waals surface area contributed by atoms with Crippen molar-refractivity contribution >= 4 is 5.57 Å². The van der Waals surface area contributed by atoms with Crippen molar-refractivity contribution in [3.05, 3.63) is 58.0 Å². The first-order chi connectivity index (χ1) is 10.6. The maximum absolute atomic E-state index is 6.21. The Balaban J connectivity index is 1.99. The Morgan fingerprint density at radius 1 is 1.09 bits per heavy atom. The summed E-state index contributed by atoms with van der Waals surface area (Å²) in [4.78, 5) is 0. The van der Waals surface area contributed by atoms with Crippen molar-refractivity contribution in [2.45, 2.75) is 46.5 Å². The highest BCUT2D eigenvalue weighted by atomic mass is 16.5. The van der Waals surface area contributed by atoms with Crippen molar-refractivity contribution in [1.82, 2.24) is 0 Å². The van der Waals surface area contributed by atoms with E-state index in [4.69, 9.17) is 9.15 Å². The zero-order chi connectivity index (χ0) is 15.7. The van der Waals surface area contributed by atoms with Crippen molar-refractivity contribution in [2.75, 3.05) is 7.11 Å². The van der Waals surface area contributed by atoms with Crippen LogP contribution in [0.15, 0.2) is 34.3 Å². The number of ether oxygens (including phenoxy) is 1. The summed E-state index contributed by atoms with van der Waals surface area (Å²) >= 11 is 0. The van der Waals surface area contributed by atoms with Gasteiger partial charge in [0.15, 0.2) is 0 Å². The molecule has 0 bridgehead atoms. The van der Waals surface area contributed by atoms with Crippen LogP contribution in [-0.2, 0) is 19.3 Å². The second-order valence-electron chi connectivity index (χ2n) is 6.31. The topological polar surface area (TPSA) is 22.4 Å². The molecule has 1 aliphatic carbocycles. The minimum atomic E-state index is 0.905. The van der Waals surface area contributed by atoms with Crippen LogP contribution in [0.3, 0.4) is 0 Å². The van der Waals surface area contributed by atoms with E-state index in [0.717, 1.165) is 30.8 Å². The Kier molecular flexibility index (Phi) is 4.10. The minimum absolute atomic E-state index is 0.905. The van der Waals surface area contributed by atoms with Gasteiger partial charge in [-0.2, -0.15) is 0 Å². The minimum Gasteiger partial charge on any atom is -0.497 e. The molecule has 1 aromatic heterocycles. The van der Waals surface area contributed by atoms with Gasteiger partial charge >= 0.3 is 0 Å². The third-order valence-electron chi connectivity index (χ3n) is 4.66. The van der Waals surface area contributed by atoms with Gasteiger partial charge in [0.1, 0.15) is 17.3 Å². The largest absolute Gasteiger partial charge is 0.497 e. The van der Waals surface area contributed by atoms with Crippen LogP contribution in [0.25, 0.3) is 5.57 Å². The van der Waals surface area contributed by atoms with E-state index in [1.807, 2.05) is 12.1 Å². The molecule has 2 nitrogen and oxygen atoms in total. The predicted octanol–water partition coefficient (Wildman–Crippen LogP) is 5.18. The Morgan fingerprint density at radius 2 is 1.82 bits per heavy atom. The van der Waals surface area contributed by atoms with Crippen LogP contribution >= 0.6 is 0 Å².